The largest absolute Gasteiger partial charge is 0.461 e. The molecule has 0 saturated carbocycles. The fourth-order valence-electron chi connectivity index (χ4n) is 5.03. The molecule has 0 saturated heterocycles. The summed E-state index contributed by atoms with van der Waals surface area (Å²) in [6.45, 7) is 6.97. The van der Waals surface area contributed by atoms with Crippen molar-refractivity contribution in [3.63, 3.8) is 0 Å². The van der Waals surface area contributed by atoms with Crippen LogP contribution in [0.15, 0.2) is 53.4 Å². The van der Waals surface area contributed by atoms with Gasteiger partial charge in [0.15, 0.2) is 0 Å². The average molecular weight is 776 g/mol. The van der Waals surface area contributed by atoms with Gasteiger partial charge in [-0.1, -0.05) is 70.9 Å². The number of nitrogens with zero attached hydrogens (tertiary/aromatic N) is 2. The minimum atomic E-state index is -1.37. The van der Waals surface area contributed by atoms with Gasteiger partial charge in [0.05, 0.1) is 20.8 Å². The number of nitrogens with one attached hydrogen (secondary N) is 3. The van der Waals surface area contributed by atoms with E-state index in [4.69, 9.17) is 14.2 Å². The summed E-state index contributed by atoms with van der Waals surface area (Å²) in [5, 5.41) is 30.3. The number of nitro groups is 2. The number of non-ortho nitro benzene ring substituents is 1. The van der Waals surface area contributed by atoms with Gasteiger partial charge >= 0.3 is 18.0 Å². The van der Waals surface area contributed by atoms with Gasteiger partial charge in [0.2, 0.25) is 11.8 Å². The number of carbonyl (C=O) groups is 5. The van der Waals surface area contributed by atoms with Crippen molar-refractivity contribution in [1.82, 2.24) is 16.0 Å². The molecule has 2 rings (SSSR count). The zero-order valence-electron chi connectivity index (χ0n) is 30.9. The van der Waals surface area contributed by atoms with E-state index in [9.17, 15) is 44.2 Å². The Morgan fingerprint density at radius 1 is 0.796 bits per heavy atom. The number of ether oxygens (including phenoxy) is 3. The van der Waals surface area contributed by atoms with E-state index in [-0.39, 0.29) is 36.2 Å². The fourth-order valence-corrected chi connectivity index (χ4v) is 6.06. The molecule has 2 aromatic rings. The Bertz CT molecular complexity index is 1580. The predicted molar refractivity (Wildman–Crippen MR) is 198 cm³/mol. The van der Waals surface area contributed by atoms with Crippen LogP contribution in [0, 0.1) is 20.2 Å². The average Bonchev–Trinajstić information content (AvgIpc) is 3.15. The molecule has 0 aliphatic rings. The normalized spacial score (nSPS) is 13.0. The summed E-state index contributed by atoms with van der Waals surface area (Å²) >= 11 is 0.781. The highest BCUT2D eigenvalue weighted by atomic mass is 32.2. The Hall–Kier alpha value is -5.26. The lowest BCUT2D eigenvalue weighted by molar-refractivity contribution is -0.396. The monoisotopic (exact) mass is 775 g/mol. The van der Waals surface area contributed by atoms with Gasteiger partial charge in [-0.25, -0.2) is 9.59 Å². The molecule has 2 aromatic carbocycles. The highest BCUT2D eigenvalue weighted by Crippen LogP contribution is 2.33. The van der Waals surface area contributed by atoms with E-state index in [1.807, 2.05) is 27.7 Å². The Kier molecular flexibility index (Phi) is 20.1. The summed E-state index contributed by atoms with van der Waals surface area (Å²) in [4.78, 5) is 86.3. The van der Waals surface area contributed by atoms with Crippen LogP contribution in [-0.2, 0) is 40.0 Å². The number of carbonyl (C=O) groups excluding carboxylic acids is 5. The number of thioether (sulfide) groups is 1. The van der Waals surface area contributed by atoms with Gasteiger partial charge < -0.3 is 30.2 Å². The van der Waals surface area contributed by atoms with Gasteiger partial charge in [-0.05, 0) is 43.7 Å². The first-order chi connectivity index (χ1) is 25.8. The summed E-state index contributed by atoms with van der Waals surface area (Å²) in [6.07, 6.45) is 1.52. The summed E-state index contributed by atoms with van der Waals surface area (Å²) in [5.41, 5.74) is -0.378. The lowest BCUT2D eigenvalue weighted by Gasteiger charge is -2.22. The highest BCUT2D eigenvalue weighted by molar-refractivity contribution is 7.99. The second kappa shape index (κ2) is 24.1. The topological polar surface area (TPSA) is 235 Å². The van der Waals surface area contributed by atoms with Crippen LogP contribution in [0.2, 0.25) is 0 Å². The standard InChI is InChI=1S/C36H49N5O12S/c1-5-12-26(7-3)52-33(43)21-37-34(44)29(23-54-31-18-16-25(40(47)48)20-30(31)41(49)50)38-32(42)19-17-28(35(45)53-27(8-4)13-6-2)39-36(46)51-22-24-14-10-9-11-15-24/h9-11,14-16,18,20,26-29H,5-8,12-13,17,19,21-23H2,1-4H3,(H,37,44)(H,38,42)(H,39,46). The molecule has 0 fully saturated rings. The molecule has 0 spiro atoms. The van der Waals surface area contributed by atoms with Gasteiger partial charge in [-0.15, -0.1) is 11.8 Å². The number of hydrogen-bond donors (Lipinski definition) is 3. The molecular formula is C36H49N5O12S. The molecule has 3 amide bonds. The first kappa shape index (κ1) is 44.9. The van der Waals surface area contributed by atoms with Crippen molar-refractivity contribution < 1.29 is 48.0 Å². The molecule has 0 aromatic heterocycles. The summed E-state index contributed by atoms with van der Waals surface area (Å²) in [7, 11) is 0. The van der Waals surface area contributed by atoms with Crippen LogP contribution in [0.4, 0.5) is 16.2 Å². The third-order valence-corrected chi connectivity index (χ3v) is 9.13. The Balaban J connectivity index is 2.22. The van der Waals surface area contributed by atoms with Gasteiger partial charge in [0.1, 0.15) is 37.4 Å². The van der Waals surface area contributed by atoms with E-state index < -0.39 is 75.8 Å². The summed E-state index contributed by atoms with van der Waals surface area (Å²) in [5.74, 6) is -3.31. The van der Waals surface area contributed by atoms with Crippen LogP contribution in [0.5, 0.6) is 0 Å². The lowest BCUT2D eigenvalue weighted by Crippen LogP contribution is -2.50. The van der Waals surface area contributed by atoms with Crippen LogP contribution in [0.1, 0.15) is 84.6 Å². The quantitative estimate of drug-likeness (QED) is 0.0392. The third-order valence-electron chi connectivity index (χ3n) is 7.98. The second-order valence-electron chi connectivity index (χ2n) is 12.2. The van der Waals surface area contributed by atoms with E-state index in [1.165, 1.54) is 0 Å². The first-order valence-corrected chi connectivity index (χ1v) is 18.8. The van der Waals surface area contributed by atoms with Gasteiger partial charge in [-0.3, -0.25) is 34.6 Å². The number of alkyl carbamates (subject to hydrolysis) is 1. The van der Waals surface area contributed by atoms with E-state index >= 15 is 0 Å². The minimum Gasteiger partial charge on any atom is -0.461 e. The van der Waals surface area contributed by atoms with Crippen LogP contribution in [0.25, 0.3) is 0 Å². The lowest BCUT2D eigenvalue weighted by atomic mass is 10.1. The van der Waals surface area contributed by atoms with Gasteiger partial charge in [-0.2, -0.15) is 0 Å². The maximum Gasteiger partial charge on any atom is 0.408 e. The Labute approximate surface area is 317 Å². The van der Waals surface area contributed by atoms with Crippen molar-refractivity contribution >= 4 is 53.0 Å². The van der Waals surface area contributed by atoms with Crippen LogP contribution in [0.3, 0.4) is 0 Å². The molecule has 0 aliphatic heterocycles. The van der Waals surface area contributed by atoms with Crippen molar-refractivity contribution in [2.75, 3.05) is 12.3 Å². The van der Waals surface area contributed by atoms with Crippen molar-refractivity contribution in [2.24, 2.45) is 0 Å². The first-order valence-electron chi connectivity index (χ1n) is 17.8. The minimum absolute atomic E-state index is 0.0130. The van der Waals surface area contributed by atoms with E-state index in [0.29, 0.717) is 31.2 Å². The molecule has 4 atom stereocenters. The second-order valence-corrected chi connectivity index (χ2v) is 13.2. The number of esters is 2. The number of benzene rings is 2. The Morgan fingerprint density at radius 3 is 2.04 bits per heavy atom. The summed E-state index contributed by atoms with van der Waals surface area (Å²) < 4.78 is 16.3. The highest BCUT2D eigenvalue weighted by Gasteiger charge is 2.29. The molecule has 3 N–H and O–H groups in total. The zero-order chi connectivity index (χ0) is 40.0. The number of rotatable bonds is 24. The van der Waals surface area contributed by atoms with E-state index in [2.05, 4.69) is 16.0 Å². The van der Waals surface area contributed by atoms with Crippen LogP contribution < -0.4 is 16.0 Å². The molecular weight excluding hydrogens is 726 g/mol. The molecule has 54 heavy (non-hydrogen) atoms. The predicted octanol–water partition coefficient (Wildman–Crippen LogP) is 5.52. The van der Waals surface area contributed by atoms with Gasteiger partial charge in [0, 0.05) is 18.2 Å². The van der Waals surface area contributed by atoms with Crippen molar-refractivity contribution in [3.8, 4) is 0 Å². The Morgan fingerprint density at radius 2 is 1.44 bits per heavy atom. The number of nitro benzene ring substituents is 2. The third kappa shape index (κ3) is 16.2. The van der Waals surface area contributed by atoms with E-state index in [0.717, 1.165) is 42.8 Å². The molecule has 0 aliphatic carbocycles. The van der Waals surface area contributed by atoms with E-state index in [1.54, 1.807) is 30.3 Å². The van der Waals surface area contributed by atoms with Crippen LogP contribution in [-0.4, -0.2) is 76.3 Å². The molecule has 18 heteroatoms. The zero-order valence-corrected chi connectivity index (χ0v) is 31.7. The molecule has 0 bridgehead atoms. The summed E-state index contributed by atoms with van der Waals surface area (Å²) in [6, 6.07) is 9.20. The maximum atomic E-state index is 13.3. The molecule has 17 nitrogen and oxygen atoms in total. The number of hydrogen-bond acceptors (Lipinski definition) is 13. The molecule has 296 valence electrons. The van der Waals surface area contributed by atoms with Crippen LogP contribution >= 0.6 is 11.8 Å². The van der Waals surface area contributed by atoms with Crippen molar-refractivity contribution in [2.45, 2.75) is 115 Å². The maximum absolute atomic E-state index is 13.3. The van der Waals surface area contributed by atoms with Crippen molar-refractivity contribution in [3.05, 3.63) is 74.3 Å². The molecule has 4 unspecified atom stereocenters. The smallest absolute Gasteiger partial charge is 0.408 e. The fraction of sp³-hybridized carbons (Fsp3) is 0.528. The van der Waals surface area contributed by atoms with Gasteiger partial charge in [0.25, 0.3) is 11.4 Å². The molecule has 0 heterocycles. The SMILES string of the molecule is CCCC(CC)OC(=O)CNC(=O)C(CSc1ccc([N+](=O)[O-])cc1[N+](=O)[O-])NC(=O)CCC(NC(=O)OCc1ccccc1)C(=O)OC(CC)CCC. The molecule has 0 radical (unpaired) electrons. The number of amides is 3. The van der Waals surface area contributed by atoms with Crippen molar-refractivity contribution in [1.29, 1.82) is 0 Å².